The number of hydrogen-bond donors (Lipinski definition) is 1. The standard InChI is InChI=1S/C20H18ClNO5/c21-15-4-1-2-5-16(15)22-19(23)13-27-20(24)9-7-14-6-8-17-18(12-14)26-11-3-10-25-17/h1-2,4-9,12H,3,10-11,13H2,(H,22,23)/b9-7+. The van der Waals surface area contributed by atoms with Gasteiger partial charge in [-0.3, -0.25) is 4.79 Å². The first-order chi connectivity index (χ1) is 13.1. The number of amides is 1. The minimum atomic E-state index is -0.628. The third-order valence-corrected chi connectivity index (χ3v) is 4.01. The van der Waals surface area contributed by atoms with E-state index in [0.717, 1.165) is 12.0 Å². The summed E-state index contributed by atoms with van der Waals surface area (Å²) >= 11 is 5.96. The van der Waals surface area contributed by atoms with E-state index in [4.69, 9.17) is 25.8 Å². The molecule has 0 fully saturated rings. The number of carbonyl (C=O) groups excluding carboxylic acids is 2. The number of para-hydroxylation sites is 1. The van der Waals surface area contributed by atoms with Crippen LogP contribution >= 0.6 is 11.6 Å². The van der Waals surface area contributed by atoms with Crippen LogP contribution in [0.2, 0.25) is 5.02 Å². The highest BCUT2D eigenvalue weighted by Crippen LogP contribution is 2.30. The smallest absolute Gasteiger partial charge is 0.331 e. The van der Waals surface area contributed by atoms with Gasteiger partial charge in [-0.15, -0.1) is 0 Å². The molecule has 0 unspecified atom stereocenters. The van der Waals surface area contributed by atoms with E-state index >= 15 is 0 Å². The van der Waals surface area contributed by atoms with Crippen LogP contribution in [0.15, 0.2) is 48.5 Å². The van der Waals surface area contributed by atoms with Gasteiger partial charge < -0.3 is 19.5 Å². The molecule has 0 spiro atoms. The van der Waals surface area contributed by atoms with Gasteiger partial charge >= 0.3 is 5.97 Å². The molecule has 140 valence electrons. The van der Waals surface area contributed by atoms with Crippen molar-refractivity contribution >= 4 is 35.2 Å². The number of halogens is 1. The molecule has 1 aliphatic heterocycles. The molecule has 0 atom stereocenters. The van der Waals surface area contributed by atoms with Crippen molar-refractivity contribution < 1.29 is 23.8 Å². The molecule has 0 saturated carbocycles. The highest BCUT2D eigenvalue weighted by atomic mass is 35.5. The summed E-state index contributed by atoms with van der Waals surface area (Å²) in [6.07, 6.45) is 3.66. The lowest BCUT2D eigenvalue weighted by molar-refractivity contribution is -0.142. The fourth-order valence-electron chi connectivity index (χ4n) is 2.38. The number of anilines is 1. The van der Waals surface area contributed by atoms with Gasteiger partial charge in [-0.05, 0) is 35.9 Å². The summed E-state index contributed by atoms with van der Waals surface area (Å²) in [5, 5.41) is 2.99. The normalized spacial score (nSPS) is 13.1. The summed E-state index contributed by atoms with van der Waals surface area (Å²) in [6.45, 7) is 0.795. The van der Waals surface area contributed by atoms with E-state index in [9.17, 15) is 9.59 Å². The van der Waals surface area contributed by atoms with E-state index in [-0.39, 0.29) is 0 Å². The van der Waals surface area contributed by atoms with Gasteiger partial charge in [-0.25, -0.2) is 4.79 Å². The third-order valence-electron chi connectivity index (χ3n) is 3.68. The fourth-order valence-corrected chi connectivity index (χ4v) is 2.56. The number of benzene rings is 2. The molecule has 1 N–H and O–H groups in total. The number of rotatable bonds is 5. The zero-order valence-electron chi connectivity index (χ0n) is 14.4. The second-order valence-electron chi connectivity index (χ2n) is 5.73. The highest BCUT2D eigenvalue weighted by Gasteiger charge is 2.10. The van der Waals surface area contributed by atoms with Gasteiger partial charge in [0, 0.05) is 12.5 Å². The average molecular weight is 388 g/mol. The molecule has 7 heteroatoms. The molecule has 0 bridgehead atoms. The van der Waals surface area contributed by atoms with E-state index in [1.165, 1.54) is 6.08 Å². The molecule has 1 amide bonds. The van der Waals surface area contributed by atoms with Crippen LogP contribution in [0.3, 0.4) is 0 Å². The largest absolute Gasteiger partial charge is 0.490 e. The molecular formula is C20H18ClNO5. The Bertz CT molecular complexity index is 865. The summed E-state index contributed by atoms with van der Waals surface area (Å²) < 4.78 is 16.1. The van der Waals surface area contributed by atoms with Crippen LogP contribution in [0.5, 0.6) is 11.5 Å². The first-order valence-electron chi connectivity index (χ1n) is 8.41. The summed E-state index contributed by atoms with van der Waals surface area (Å²) in [7, 11) is 0. The molecular weight excluding hydrogens is 370 g/mol. The zero-order valence-corrected chi connectivity index (χ0v) is 15.2. The minimum absolute atomic E-state index is 0.407. The van der Waals surface area contributed by atoms with E-state index in [1.807, 2.05) is 0 Å². The first-order valence-corrected chi connectivity index (χ1v) is 8.78. The van der Waals surface area contributed by atoms with Crippen molar-refractivity contribution in [3.8, 4) is 11.5 Å². The van der Waals surface area contributed by atoms with Gasteiger partial charge in [0.05, 0.1) is 23.9 Å². The van der Waals surface area contributed by atoms with Crippen LogP contribution in [-0.4, -0.2) is 31.7 Å². The monoisotopic (exact) mass is 387 g/mol. The quantitative estimate of drug-likeness (QED) is 0.625. The van der Waals surface area contributed by atoms with Crippen molar-refractivity contribution in [2.75, 3.05) is 25.1 Å². The zero-order chi connectivity index (χ0) is 19.1. The van der Waals surface area contributed by atoms with Crippen LogP contribution in [0.1, 0.15) is 12.0 Å². The number of carbonyl (C=O) groups is 2. The molecule has 0 aliphatic carbocycles. The topological polar surface area (TPSA) is 73.9 Å². The lowest BCUT2D eigenvalue weighted by Crippen LogP contribution is -2.20. The molecule has 0 saturated heterocycles. The number of esters is 1. The Morgan fingerprint density at radius 3 is 2.70 bits per heavy atom. The van der Waals surface area contributed by atoms with Gasteiger partial charge in [-0.1, -0.05) is 29.8 Å². The molecule has 2 aromatic carbocycles. The predicted molar refractivity (Wildman–Crippen MR) is 102 cm³/mol. The number of nitrogens with one attached hydrogen (secondary N) is 1. The van der Waals surface area contributed by atoms with Crippen LogP contribution in [0.4, 0.5) is 5.69 Å². The van der Waals surface area contributed by atoms with Gasteiger partial charge in [0.25, 0.3) is 5.91 Å². The van der Waals surface area contributed by atoms with Gasteiger partial charge in [0.2, 0.25) is 0 Å². The van der Waals surface area contributed by atoms with Crippen LogP contribution in [-0.2, 0) is 14.3 Å². The molecule has 1 heterocycles. The van der Waals surface area contributed by atoms with Gasteiger partial charge in [0.1, 0.15) is 0 Å². The summed E-state index contributed by atoms with van der Waals surface area (Å²) in [4.78, 5) is 23.6. The molecule has 3 rings (SSSR count). The van der Waals surface area contributed by atoms with Crippen molar-refractivity contribution in [3.05, 3.63) is 59.1 Å². The van der Waals surface area contributed by atoms with Gasteiger partial charge in [0.15, 0.2) is 18.1 Å². The SMILES string of the molecule is O=C(COC(=O)/C=C/c1ccc2c(c1)OCCCO2)Nc1ccccc1Cl. The maximum Gasteiger partial charge on any atom is 0.331 e. The lowest BCUT2D eigenvalue weighted by Gasteiger charge is -2.07. The van der Waals surface area contributed by atoms with Gasteiger partial charge in [-0.2, -0.15) is 0 Å². The Kier molecular flexibility index (Phi) is 6.33. The summed E-state index contributed by atoms with van der Waals surface area (Å²) in [5.74, 6) is 0.224. The Morgan fingerprint density at radius 2 is 1.89 bits per heavy atom. The number of fused-ring (bicyclic) bond motifs is 1. The second kappa shape index (κ2) is 9.09. The Morgan fingerprint density at radius 1 is 1.11 bits per heavy atom. The van der Waals surface area contributed by atoms with E-state index in [0.29, 0.717) is 35.4 Å². The average Bonchev–Trinajstić information content (AvgIpc) is 2.91. The lowest BCUT2D eigenvalue weighted by atomic mass is 10.2. The first kappa shape index (κ1) is 18.8. The van der Waals surface area contributed by atoms with Crippen molar-refractivity contribution in [1.82, 2.24) is 0 Å². The summed E-state index contributed by atoms with van der Waals surface area (Å²) in [5.41, 5.74) is 1.22. The minimum Gasteiger partial charge on any atom is -0.490 e. The molecule has 2 aromatic rings. The van der Waals surface area contributed by atoms with Crippen LogP contribution in [0, 0.1) is 0 Å². The predicted octanol–water partition coefficient (Wildman–Crippen LogP) is 3.70. The maximum absolute atomic E-state index is 11.8. The van der Waals surface area contributed by atoms with Crippen molar-refractivity contribution in [3.63, 3.8) is 0 Å². The molecule has 6 nitrogen and oxygen atoms in total. The Hall–Kier alpha value is -2.99. The van der Waals surface area contributed by atoms with Crippen LogP contribution < -0.4 is 14.8 Å². The van der Waals surface area contributed by atoms with Crippen molar-refractivity contribution in [1.29, 1.82) is 0 Å². The van der Waals surface area contributed by atoms with E-state index < -0.39 is 18.5 Å². The fraction of sp³-hybridized carbons (Fsp3) is 0.200. The Balaban J connectivity index is 1.51. The van der Waals surface area contributed by atoms with E-state index in [1.54, 1.807) is 48.5 Å². The number of hydrogen-bond acceptors (Lipinski definition) is 5. The highest BCUT2D eigenvalue weighted by molar-refractivity contribution is 6.33. The van der Waals surface area contributed by atoms with Crippen molar-refractivity contribution in [2.45, 2.75) is 6.42 Å². The van der Waals surface area contributed by atoms with Crippen molar-refractivity contribution in [2.24, 2.45) is 0 Å². The second-order valence-corrected chi connectivity index (χ2v) is 6.13. The summed E-state index contributed by atoms with van der Waals surface area (Å²) in [6, 6.07) is 12.2. The maximum atomic E-state index is 11.8. The molecule has 1 aliphatic rings. The molecule has 27 heavy (non-hydrogen) atoms. The van der Waals surface area contributed by atoms with E-state index in [2.05, 4.69) is 5.32 Å². The number of ether oxygens (including phenoxy) is 3. The van der Waals surface area contributed by atoms with Crippen LogP contribution in [0.25, 0.3) is 6.08 Å². The molecule has 0 radical (unpaired) electrons. The molecule has 0 aromatic heterocycles. The third kappa shape index (κ3) is 5.49. The Labute approximate surface area is 161 Å².